The number of nitrogens with two attached hydrogens (primary N) is 1. The lowest BCUT2D eigenvalue weighted by molar-refractivity contribution is -0.147. The lowest BCUT2D eigenvalue weighted by Crippen LogP contribution is -2.27. The van der Waals surface area contributed by atoms with Gasteiger partial charge in [0, 0.05) is 23.9 Å². The van der Waals surface area contributed by atoms with Gasteiger partial charge in [-0.1, -0.05) is 29.8 Å². The van der Waals surface area contributed by atoms with Crippen LogP contribution in [0.3, 0.4) is 0 Å². The maximum atomic E-state index is 13.4. The van der Waals surface area contributed by atoms with Crippen LogP contribution in [0.4, 0.5) is 4.39 Å². The molecule has 4 nitrogen and oxygen atoms in total. The van der Waals surface area contributed by atoms with Gasteiger partial charge in [0.15, 0.2) is 0 Å². The number of hydrogen-bond donors (Lipinski definition) is 1. The second-order valence-corrected chi connectivity index (χ2v) is 6.18. The molecule has 2 N–H and O–H groups in total. The first kappa shape index (κ1) is 19.2. The highest BCUT2D eigenvalue weighted by Crippen LogP contribution is 2.25. The van der Waals surface area contributed by atoms with E-state index in [9.17, 15) is 9.18 Å². The van der Waals surface area contributed by atoms with Gasteiger partial charge >= 0.3 is 5.97 Å². The minimum absolute atomic E-state index is 0.210. The summed E-state index contributed by atoms with van der Waals surface area (Å²) in [6.45, 7) is 1.74. The Bertz CT molecular complexity index is 751. The maximum Gasteiger partial charge on any atom is 0.319 e. The Morgan fingerprint density at radius 1 is 1.20 bits per heavy atom. The van der Waals surface area contributed by atoms with Crippen molar-refractivity contribution in [3.05, 3.63) is 63.9 Å². The van der Waals surface area contributed by atoms with Gasteiger partial charge in [-0.2, -0.15) is 0 Å². The van der Waals surface area contributed by atoms with E-state index in [2.05, 4.69) is 0 Å². The molecule has 0 spiro atoms. The van der Waals surface area contributed by atoms with E-state index >= 15 is 0 Å². The zero-order valence-electron chi connectivity index (χ0n) is 14.2. The van der Waals surface area contributed by atoms with Crippen molar-refractivity contribution in [3.8, 4) is 5.75 Å². The Hall–Kier alpha value is -2.11. The van der Waals surface area contributed by atoms with Gasteiger partial charge in [-0.05, 0) is 35.7 Å². The van der Waals surface area contributed by atoms with Gasteiger partial charge in [-0.15, -0.1) is 0 Å². The first-order valence-electron chi connectivity index (χ1n) is 7.90. The third-order valence-electron chi connectivity index (χ3n) is 3.82. The molecule has 2 rings (SSSR count). The van der Waals surface area contributed by atoms with Crippen LogP contribution in [0.1, 0.15) is 16.7 Å². The SMILES string of the molecule is COc1cc(F)ccc1CC(Cc1ccc(C)cc1Cl)OC(=O)CN. The first-order chi connectivity index (χ1) is 11.9. The van der Waals surface area contributed by atoms with Gasteiger partial charge in [0.25, 0.3) is 0 Å². The molecule has 0 aliphatic carbocycles. The summed E-state index contributed by atoms with van der Waals surface area (Å²) in [7, 11) is 1.47. The second kappa shape index (κ2) is 8.83. The average Bonchev–Trinajstić information content (AvgIpc) is 2.58. The molecule has 2 aromatic rings. The van der Waals surface area contributed by atoms with Crippen LogP contribution in [0.5, 0.6) is 5.75 Å². The van der Waals surface area contributed by atoms with Crippen molar-refractivity contribution >= 4 is 17.6 Å². The van der Waals surface area contributed by atoms with Crippen LogP contribution in [0, 0.1) is 12.7 Å². The summed E-state index contributed by atoms with van der Waals surface area (Å²) < 4.78 is 24.0. The van der Waals surface area contributed by atoms with Crippen molar-refractivity contribution in [1.29, 1.82) is 0 Å². The molecule has 134 valence electrons. The van der Waals surface area contributed by atoms with E-state index in [1.807, 2.05) is 25.1 Å². The van der Waals surface area contributed by atoms with Crippen LogP contribution in [-0.4, -0.2) is 25.7 Å². The summed E-state index contributed by atoms with van der Waals surface area (Å²) >= 11 is 6.29. The molecule has 0 amide bonds. The molecule has 0 fully saturated rings. The highest BCUT2D eigenvalue weighted by Gasteiger charge is 2.19. The van der Waals surface area contributed by atoms with Crippen LogP contribution in [0.2, 0.25) is 5.02 Å². The second-order valence-electron chi connectivity index (χ2n) is 5.78. The molecule has 25 heavy (non-hydrogen) atoms. The van der Waals surface area contributed by atoms with Crippen LogP contribution in [0.15, 0.2) is 36.4 Å². The van der Waals surface area contributed by atoms with Crippen LogP contribution in [0.25, 0.3) is 0 Å². The van der Waals surface area contributed by atoms with E-state index in [0.717, 1.165) is 16.7 Å². The maximum absolute atomic E-state index is 13.4. The van der Waals surface area contributed by atoms with E-state index in [1.165, 1.54) is 19.2 Å². The number of halogens is 2. The minimum Gasteiger partial charge on any atom is -0.496 e. The number of esters is 1. The number of aryl methyl sites for hydroxylation is 1. The Kier molecular flexibility index (Phi) is 6.79. The molecule has 2 aromatic carbocycles. The zero-order chi connectivity index (χ0) is 18.4. The third-order valence-corrected chi connectivity index (χ3v) is 4.17. The van der Waals surface area contributed by atoms with Gasteiger partial charge < -0.3 is 15.2 Å². The predicted molar refractivity (Wildman–Crippen MR) is 95.5 cm³/mol. The summed E-state index contributed by atoms with van der Waals surface area (Å²) in [6, 6.07) is 9.98. The molecule has 1 unspecified atom stereocenters. The summed E-state index contributed by atoms with van der Waals surface area (Å²) in [4.78, 5) is 11.7. The molecule has 0 saturated heterocycles. The first-order valence-corrected chi connectivity index (χ1v) is 8.27. The third kappa shape index (κ3) is 5.44. The summed E-state index contributed by atoms with van der Waals surface area (Å²) in [5.41, 5.74) is 8.01. The Balaban J connectivity index is 2.25. The molecular formula is C19H21ClFNO3. The summed E-state index contributed by atoms with van der Waals surface area (Å²) in [5.74, 6) is -0.490. The van der Waals surface area contributed by atoms with Crippen LogP contribution in [-0.2, 0) is 22.4 Å². The largest absolute Gasteiger partial charge is 0.496 e. The van der Waals surface area contributed by atoms with E-state index in [-0.39, 0.29) is 6.54 Å². The van der Waals surface area contributed by atoms with Crippen LogP contribution >= 0.6 is 11.6 Å². The van der Waals surface area contributed by atoms with Gasteiger partial charge in [-0.3, -0.25) is 4.79 Å². The molecular weight excluding hydrogens is 345 g/mol. The van der Waals surface area contributed by atoms with Gasteiger partial charge in [0.1, 0.15) is 17.7 Å². The highest BCUT2D eigenvalue weighted by molar-refractivity contribution is 6.31. The molecule has 0 heterocycles. The molecule has 0 saturated carbocycles. The molecule has 0 bridgehead atoms. The topological polar surface area (TPSA) is 61.5 Å². The van der Waals surface area contributed by atoms with Gasteiger partial charge in [-0.25, -0.2) is 4.39 Å². The standard InChI is InChI=1S/C19H21ClFNO3/c1-12-3-4-13(17(20)7-12)8-16(25-19(23)11-22)9-14-5-6-15(21)10-18(14)24-2/h3-7,10,16H,8-9,11,22H2,1-2H3. The lowest BCUT2D eigenvalue weighted by atomic mass is 9.99. The van der Waals surface area contributed by atoms with Gasteiger partial charge in [0.05, 0.1) is 13.7 Å². The fourth-order valence-electron chi connectivity index (χ4n) is 2.58. The van der Waals surface area contributed by atoms with E-state index in [0.29, 0.717) is 23.6 Å². The average molecular weight is 366 g/mol. The lowest BCUT2D eigenvalue weighted by Gasteiger charge is -2.20. The van der Waals surface area contributed by atoms with Crippen molar-refractivity contribution < 1.29 is 18.7 Å². The number of benzene rings is 2. The molecule has 1 atom stereocenters. The van der Waals surface area contributed by atoms with Crippen molar-refractivity contribution in [2.45, 2.75) is 25.9 Å². The smallest absolute Gasteiger partial charge is 0.319 e. The molecule has 0 aliphatic heterocycles. The van der Waals surface area contributed by atoms with Crippen molar-refractivity contribution in [1.82, 2.24) is 0 Å². The van der Waals surface area contributed by atoms with E-state index < -0.39 is 17.9 Å². The number of rotatable bonds is 7. The number of methoxy groups -OCH3 is 1. The predicted octanol–water partition coefficient (Wildman–Crippen LogP) is 3.45. The van der Waals surface area contributed by atoms with E-state index in [4.69, 9.17) is 26.8 Å². The fourth-order valence-corrected chi connectivity index (χ4v) is 2.90. The minimum atomic E-state index is -0.505. The Morgan fingerprint density at radius 2 is 1.88 bits per heavy atom. The summed E-state index contributed by atoms with van der Waals surface area (Å²) in [6.07, 6.45) is 0.292. The normalized spacial score (nSPS) is 11.9. The molecule has 0 aliphatic rings. The van der Waals surface area contributed by atoms with E-state index in [1.54, 1.807) is 6.07 Å². The van der Waals surface area contributed by atoms with Crippen molar-refractivity contribution in [2.75, 3.05) is 13.7 Å². The zero-order valence-corrected chi connectivity index (χ0v) is 15.0. The molecule has 0 aromatic heterocycles. The Morgan fingerprint density at radius 3 is 2.52 bits per heavy atom. The monoisotopic (exact) mass is 365 g/mol. The number of ether oxygens (including phenoxy) is 2. The van der Waals surface area contributed by atoms with Crippen molar-refractivity contribution in [2.24, 2.45) is 5.73 Å². The number of carbonyl (C=O) groups is 1. The molecule has 0 radical (unpaired) electrons. The summed E-state index contributed by atoms with van der Waals surface area (Å²) in [5, 5.41) is 0.611. The highest BCUT2D eigenvalue weighted by atomic mass is 35.5. The fraction of sp³-hybridized carbons (Fsp3) is 0.316. The van der Waals surface area contributed by atoms with Gasteiger partial charge in [0.2, 0.25) is 0 Å². The number of carbonyl (C=O) groups excluding carboxylic acids is 1. The molecule has 6 heteroatoms. The Labute approximate surface area is 151 Å². The van der Waals surface area contributed by atoms with Crippen molar-refractivity contribution in [3.63, 3.8) is 0 Å². The van der Waals surface area contributed by atoms with Crippen LogP contribution < -0.4 is 10.5 Å². The quantitative estimate of drug-likeness (QED) is 0.763. The number of hydrogen-bond acceptors (Lipinski definition) is 4.